The van der Waals surface area contributed by atoms with Gasteiger partial charge in [-0.3, -0.25) is 4.79 Å². The van der Waals surface area contributed by atoms with Crippen LogP contribution in [0.5, 0.6) is 5.75 Å². The minimum Gasteiger partial charge on any atom is -0.484 e. The number of carbonyl (C=O) groups excluding carboxylic acids is 1. The minimum absolute atomic E-state index is 0.147. The van der Waals surface area contributed by atoms with Gasteiger partial charge in [-0.2, -0.15) is 4.31 Å². The van der Waals surface area contributed by atoms with Crippen LogP contribution >= 0.6 is 0 Å². The average molecular weight is 425 g/mol. The Bertz CT molecular complexity index is 1070. The maximum Gasteiger partial charge on any atom is 0.264 e. The third-order valence-corrected chi connectivity index (χ3v) is 6.48. The number of likely N-dealkylation sites (N-methyl/N-ethyl adjacent to an activating group) is 1. The number of hydrogen-bond acceptors (Lipinski definition) is 4. The molecule has 0 heterocycles. The molecule has 0 saturated carbocycles. The van der Waals surface area contributed by atoms with Gasteiger partial charge in [-0.15, -0.1) is 0 Å². The molecule has 0 unspecified atom stereocenters. The van der Waals surface area contributed by atoms with Crippen LogP contribution in [0.3, 0.4) is 0 Å². The Balaban J connectivity index is 1.60. The highest BCUT2D eigenvalue weighted by Gasteiger charge is 2.21. The number of hydrogen-bond donors (Lipinski definition) is 0. The lowest BCUT2D eigenvalue weighted by Gasteiger charge is -2.18. The lowest BCUT2D eigenvalue weighted by atomic mass is 10.2. The molecule has 0 bridgehead atoms. The van der Waals surface area contributed by atoms with Gasteiger partial charge in [0.05, 0.1) is 4.90 Å². The van der Waals surface area contributed by atoms with Crippen molar-refractivity contribution in [3.63, 3.8) is 0 Å². The third kappa shape index (κ3) is 5.25. The monoisotopic (exact) mass is 424 g/mol. The van der Waals surface area contributed by atoms with Gasteiger partial charge >= 0.3 is 0 Å². The Kier molecular flexibility index (Phi) is 6.87. The highest BCUT2D eigenvalue weighted by molar-refractivity contribution is 7.89. The molecule has 0 fully saturated rings. The second-order valence-electron chi connectivity index (χ2n) is 6.80. The van der Waals surface area contributed by atoms with Crippen LogP contribution in [0.4, 0.5) is 5.69 Å². The van der Waals surface area contributed by atoms with E-state index >= 15 is 0 Å². The molecule has 1 amide bonds. The molecule has 3 rings (SSSR count). The van der Waals surface area contributed by atoms with Crippen molar-refractivity contribution >= 4 is 21.6 Å². The number of ether oxygens (including phenoxy) is 1. The van der Waals surface area contributed by atoms with E-state index in [0.717, 1.165) is 11.3 Å². The Labute approximate surface area is 177 Å². The van der Waals surface area contributed by atoms with E-state index in [4.69, 9.17) is 4.74 Å². The van der Waals surface area contributed by atoms with Gasteiger partial charge < -0.3 is 9.64 Å². The number of amides is 1. The molecule has 0 radical (unpaired) electrons. The lowest BCUT2D eigenvalue weighted by molar-refractivity contribution is -0.120. The van der Waals surface area contributed by atoms with Gasteiger partial charge in [0, 0.05) is 26.3 Å². The normalized spacial score (nSPS) is 11.3. The zero-order valence-corrected chi connectivity index (χ0v) is 17.7. The maximum absolute atomic E-state index is 12.8. The van der Waals surface area contributed by atoms with Crippen molar-refractivity contribution in [3.05, 3.63) is 90.5 Å². The summed E-state index contributed by atoms with van der Waals surface area (Å²) >= 11 is 0. The third-order valence-electron chi connectivity index (χ3n) is 4.66. The summed E-state index contributed by atoms with van der Waals surface area (Å²) in [5.74, 6) is 0.218. The van der Waals surface area contributed by atoms with Crippen molar-refractivity contribution in [2.45, 2.75) is 11.4 Å². The summed E-state index contributed by atoms with van der Waals surface area (Å²) in [5, 5.41) is 0. The second kappa shape index (κ2) is 9.56. The topological polar surface area (TPSA) is 66.9 Å². The summed E-state index contributed by atoms with van der Waals surface area (Å²) in [5.41, 5.74) is 1.68. The van der Waals surface area contributed by atoms with Crippen molar-refractivity contribution in [1.29, 1.82) is 0 Å². The number of rotatable bonds is 8. The van der Waals surface area contributed by atoms with Crippen LogP contribution in [0.25, 0.3) is 0 Å². The molecule has 30 heavy (non-hydrogen) atoms. The lowest BCUT2D eigenvalue weighted by Crippen LogP contribution is -2.31. The molecule has 0 atom stereocenters. The number of para-hydroxylation sites is 1. The summed E-state index contributed by atoms with van der Waals surface area (Å²) in [6.07, 6.45) is 0. The molecule has 0 aromatic heterocycles. The highest BCUT2D eigenvalue weighted by Crippen LogP contribution is 2.20. The summed E-state index contributed by atoms with van der Waals surface area (Å²) in [4.78, 5) is 14.0. The molecule has 3 aromatic carbocycles. The van der Waals surface area contributed by atoms with E-state index < -0.39 is 10.0 Å². The molecular formula is C23H24N2O4S. The van der Waals surface area contributed by atoms with E-state index in [1.54, 1.807) is 26.2 Å². The first-order chi connectivity index (χ1) is 14.4. The van der Waals surface area contributed by atoms with E-state index in [0.29, 0.717) is 5.75 Å². The Morgan fingerprint density at radius 3 is 2.00 bits per heavy atom. The van der Waals surface area contributed by atoms with Crippen LogP contribution in [0.1, 0.15) is 5.56 Å². The maximum atomic E-state index is 12.8. The first-order valence-corrected chi connectivity index (χ1v) is 10.9. The summed E-state index contributed by atoms with van der Waals surface area (Å²) in [6.45, 7) is 0.132. The number of anilines is 1. The second-order valence-corrected chi connectivity index (χ2v) is 8.84. The molecule has 0 saturated heterocycles. The average Bonchev–Trinajstić information content (AvgIpc) is 2.78. The minimum atomic E-state index is -3.63. The molecule has 0 spiro atoms. The van der Waals surface area contributed by atoms with E-state index in [9.17, 15) is 13.2 Å². The quantitative estimate of drug-likeness (QED) is 0.555. The van der Waals surface area contributed by atoms with Crippen molar-refractivity contribution in [3.8, 4) is 5.75 Å². The molecule has 0 aliphatic rings. The number of carbonyl (C=O) groups is 1. The molecule has 0 aliphatic heterocycles. The predicted octanol–water partition coefficient (Wildman–Crippen LogP) is 3.55. The summed E-state index contributed by atoms with van der Waals surface area (Å²) in [7, 11) is -0.406. The Morgan fingerprint density at radius 2 is 1.40 bits per heavy atom. The van der Waals surface area contributed by atoms with Crippen LogP contribution in [0.15, 0.2) is 89.8 Å². The van der Waals surface area contributed by atoms with Crippen LogP contribution in [-0.2, 0) is 21.4 Å². The Hall–Kier alpha value is -3.16. The van der Waals surface area contributed by atoms with Crippen LogP contribution in [0, 0.1) is 0 Å². The summed E-state index contributed by atoms with van der Waals surface area (Å²) < 4.78 is 32.4. The largest absolute Gasteiger partial charge is 0.484 e. The van der Waals surface area contributed by atoms with Crippen LogP contribution in [-0.4, -0.2) is 39.3 Å². The van der Waals surface area contributed by atoms with E-state index in [-0.39, 0.29) is 24.0 Å². The van der Waals surface area contributed by atoms with Gasteiger partial charge in [-0.1, -0.05) is 48.5 Å². The number of benzene rings is 3. The molecule has 0 aliphatic carbocycles. The fourth-order valence-corrected chi connectivity index (χ4v) is 4.01. The van der Waals surface area contributed by atoms with Crippen molar-refractivity contribution in [2.75, 3.05) is 25.6 Å². The fourth-order valence-electron chi connectivity index (χ4n) is 2.85. The van der Waals surface area contributed by atoms with Gasteiger partial charge in [0.25, 0.3) is 5.91 Å². The molecule has 3 aromatic rings. The first-order valence-electron chi connectivity index (χ1n) is 9.42. The Morgan fingerprint density at radius 1 is 0.833 bits per heavy atom. The number of sulfonamides is 1. The highest BCUT2D eigenvalue weighted by atomic mass is 32.2. The van der Waals surface area contributed by atoms with E-state index in [1.165, 1.54) is 21.3 Å². The van der Waals surface area contributed by atoms with Crippen LogP contribution < -0.4 is 9.64 Å². The van der Waals surface area contributed by atoms with Gasteiger partial charge in [-0.25, -0.2) is 8.42 Å². The zero-order valence-electron chi connectivity index (χ0n) is 16.9. The van der Waals surface area contributed by atoms with Crippen molar-refractivity contribution in [1.82, 2.24) is 4.31 Å². The summed E-state index contributed by atoms with van der Waals surface area (Å²) in [6, 6.07) is 24.7. The molecule has 0 N–H and O–H groups in total. The van der Waals surface area contributed by atoms with Crippen molar-refractivity contribution < 1.29 is 17.9 Å². The smallest absolute Gasteiger partial charge is 0.264 e. The van der Waals surface area contributed by atoms with Gasteiger partial charge in [0.2, 0.25) is 10.0 Å². The van der Waals surface area contributed by atoms with Gasteiger partial charge in [0.15, 0.2) is 6.61 Å². The van der Waals surface area contributed by atoms with Crippen molar-refractivity contribution in [2.24, 2.45) is 0 Å². The first kappa shape index (κ1) is 21.5. The van der Waals surface area contributed by atoms with Gasteiger partial charge in [-0.05, 0) is 42.0 Å². The molecular weight excluding hydrogens is 400 g/mol. The van der Waals surface area contributed by atoms with E-state index in [2.05, 4.69) is 0 Å². The molecule has 6 nitrogen and oxygen atoms in total. The molecule has 7 heteroatoms. The fraction of sp³-hybridized carbons (Fsp3) is 0.174. The SMILES string of the molecule is CN(C(=O)COc1ccc(S(=O)(=O)N(C)Cc2ccccc2)cc1)c1ccccc1. The van der Waals surface area contributed by atoms with E-state index in [1.807, 2.05) is 60.7 Å². The molecule has 156 valence electrons. The standard InChI is InChI=1S/C23H24N2O4S/c1-24(17-19-9-5-3-6-10-19)30(27,28)22-15-13-21(14-16-22)29-18-23(26)25(2)20-11-7-4-8-12-20/h3-16H,17-18H2,1-2H3. The zero-order chi connectivity index (χ0) is 21.6. The van der Waals surface area contributed by atoms with Gasteiger partial charge in [0.1, 0.15) is 5.75 Å². The predicted molar refractivity (Wildman–Crippen MR) is 117 cm³/mol. The number of nitrogens with zero attached hydrogens (tertiary/aromatic N) is 2. The van der Waals surface area contributed by atoms with Crippen LogP contribution in [0.2, 0.25) is 0 Å².